The highest BCUT2D eigenvalue weighted by Crippen LogP contribution is 2.52. The lowest BCUT2D eigenvalue weighted by atomic mass is 9.79. The van der Waals surface area contributed by atoms with Crippen molar-refractivity contribution >= 4 is 11.8 Å². The lowest BCUT2D eigenvalue weighted by molar-refractivity contribution is -0.142. The molecule has 7 nitrogen and oxygen atoms in total. The van der Waals surface area contributed by atoms with Crippen LogP contribution in [0.4, 0.5) is 0 Å². The van der Waals surface area contributed by atoms with Gasteiger partial charge in [-0.05, 0) is 31.0 Å². The standard InChI is InChI=1S/C17H15N3O4/c1-9-16(22)20-11(15(21)19-9)6-17(2,7-18)14(20)10-3-4-12-13(5-10)24-8-23-12/h3-5,11,14H,1,6,8H2,2H3,(H,19,21)/t11-,14-,17+/m1/s1. The van der Waals surface area contributed by atoms with Gasteiger partial charge in [0.2, 0.25) is 12.7 Å². The minimum absolute atomic E-state index is 0.0317. The molecular formula is C17H15N3O4. The van der Waals surface area contributed by atoms with Gasteiger partial charge in [-0.15, -0.1) is 0 Å². The van der Waals surface area contributed by atoms with Gasteiger partial charge in [0.15, 0.2) is 11.5 Å². The zero-order valence-corrected chi connectivity index (χ0v) is 13.0. The molecule has 0 spiro atoms. The second-order valence-electron chi connectivity index (χ2n) is 6.44. The van der Waals surface area contributed by atoms with Crippen LogP contribution in [0.25, 0.3) is 0 Å². The molecule has 0 aromatic heterocycles. The third-order valence-electron chi connectivity index (χ3n) is 4.87. The Bertz CT molecular complexity index is 828. The number of piperazine rings is 1. The van der Waals surface area contributed by atoms with Crippen LogP contribution in [0.1, 0.15) is 24.9 Å². The van der Waals surface area contributed by atoms with Gasteiger partial charge in [0.25, 0.3) is 5.91 Å². The Labute approximate surface area is 138 Å². The Morgan fingerprint density at radius 1 is 1.38 bits per heavy atom. The minimum Gasteiger partial charge on any atom is -0.454 e. The van der Waals surface area contributed by atoms with Gasteiger partial charge in [-0.2, -0.15) is 5.26 Å². The number of carbonyl (C=O) groups is 2. The van der Waals surface area contributed by atoms with Gasteiger partial charge in [-0.3, -0.25) is 9.59 Å². The molecule has 2 saturated heterocycles. The van der Waals surface area contributed by atoms with Gasteiger partial charge < -0.3 is 19.7 Å². The average Bonchev–Trinajstić information content (AvgIpc) is 3.14. The fraction of sp³-hybridized carbons (Fsp3) is 0.353. The summed E-state index contributed by atoms with van der Waals surface area (Å²) in [7, 11) is 0. The van der Waals surface area contributed by atoms with Gasteiger partial charge in [0.05, 0.1) is 23.2 Å². The Balaban J connectivity index is 1.84. The molecule has 7 heteroatoms. The number of carbonyl (C=O) groups excluding carboxylic acids is 2. The number of nitrogens with zero attached hydrogens (tertiary/aromatic N) is 2. The minimum atomic E-state index is -0.893. The molecule has 0 unspecified atom stereocenters. The highest BCUT2D eigenvalue weighted by atomic mass is 16.7. The van der Waals surface area contributed by atoms with Crippen molar-refractivity contribution in [2.75, 3.05) is 6.79 Å². The maximum atomic E-state index is 12.6. The molecule has 2 amide bonds. The smallest absolute Gasteiger partial charge is 0.270 e. The molecular weight excluding hydrogens is 310 g/mol. The first-order valence-electron chi connectivity index (χ1n) is 7.58. The van der Waals surface area contributed by atoms with E-state index in [1.165, 1.54) is 4.90 Å². The highest BCUT2D eigenvalue weighted by Gasteiger charge is 2.57. The number of benzene rings is 1. The molecule has 1 N–H and O–H groups in total. The maximum Gasteiger partial charge on any atom is 0.270 e. The van der Waals surface area contributed by atoms with Crippen LogP contribution in [0.5, 0.6) is 11.5 Å². The Kier molecular flexibility index (Phi) is 2.88. The number of rotatable bonds is 1. The fourth-order valence-electron chi connectivity index (χ4n) is 3.74. The number of nitrogens with one attached hydrogen (secondary N) is 1. The third kappa shape index (κ3) is 1.83. The van der Waals surface area contributed by atoms with Crippen molar-refractivity contribution in [1.29, 1.82) is 5.26 Å². The van der Waals surface area contributed by atoms with Crippen LogP contribution in [-0.4, -0.2) is 29.5 Å². The first-order valence-corrected chi connectivity index (χ1v) is 7.58. The molecule has 0 aliphatic carbocycles. The van der Waals surface area contributed by atoms with Crippen LogP contribution in [0.2, 0.25) is 0 Å². The van der Waals surface area contributed by atoms with E-state index in [1.54, 1.807) is 25.1 Å². The van der Waals surface area contributed by atoms with Crippen LogP contribution >= 0.6 is 0 Å². The van der Waals surface area contributed by atoms with Crippen LogP contribution in [0.3, 0.4) is 0 Å². The van der Waals surface area contributed by atoms with Crippen LogP contribution in [-0.2, 0) is 9.59 Å². The Morgan fingerprint density at radius 2 is 2.12 bits per heavy atom. The summed E-state index contributed by atoms with van der Waals surface area (Å²) in [6.07, 6.45) is 0.271. The zero-order valence-electron chi connectivity index (χ0n) is 13.0. The summed E-state index contributed by atoms with van der Waals surface area (Å²) in [5.74, 6) is 0.536. The first-order chi connectivity index (χ1) is 11.4. The normalized spacial score (nSPS) is 30.8. The molecule has 1 aromatic rings. The summed E-state index contributed by atoms with van der Waals surface area (Å²) in [5, 5.41) is 12.2. The number of ether oxygens (including phenoxy) is 2. The predicted octanol–water partition coefficient (Wildman–Crippen LogP) is 1.23. The van der Waals surface area contributed by atoms with Crippen molar-refractivity contribution in [3.8, 4) is 17.6 Å². The predicted molar refractivity (Wildman–Crippen MR) is 81.6 cm³/mol. The van der Waals surface area contributed by atoms with E-state index in [9.17, 15) is 14.9 Å². The van der Waals surface area contributed by atoms with Gasteiger partial charge >= 0.3 is 0 Å². The SMILES string of the molecule is C=C1NC(=O)[C@H]2C[C@@](C)(C#N)[C@@H](c3ccc4c(c3)OCO4)N2C1=O. The molecule has 3 atom stereocenters. The van der Waals surface area contributed by atoms with E-state index in [1.807, 2.05) is 0 Å². The van der Waals surface area contributed by atoms with Crippen LogP contribution in [0.15, 0.2) is 30.5 Å². The topological polar surface area (TPSA) is 91.7 Å². The van der Waals surface area contributed by atoms with Gasteiger partial charge in [0, 0.05) is 0 Å². The summed E-state index contributed by atoms with van der Waals surface area (Å²) in [6.45, 7) is 5.52. The summed E-state index contributed by atoms with van der Waals surface area (Å²) in [4.78, 5) is 26.4. The van der Waals surface area contributed by atoms with E-state index in [4.69, 9.17) is 9.47 Å². The second kappa shape index (κ2) is 4.74. The van der Waals surface area contributed by atoms with E-state index in [0.717, 1.165) is 5.56 Å². The van der Waals surface area contributed by atoms with Crippen molar-refractivity contribution in [1.82, 2.24) is 10.2 Å². The molecule has 0 radical (unpaired) electrons. The Morgan fingerprint density at radius 3 is 2.88 bits per heavy atom. The molecule has 1 aromatic carbocycles. The van der Waals surface area contributed by atoms with Crippen molar-refractivity contribution in [3.05, 3.63) is 36.0 Å². The third-order valence-corrected chi connectivity index (χ3v) is 4.87. The molecule has 24 heavy (non-hydrogen) atoms. The molecule has 0 saturated carbocycles. The lowest BCUT2D eigenvalue weighted by Gasteiger charge is -2.36. The zero-order chi connectivity index (χ0) is 17.1. The largest absolute Gasteiger partial charge is 0.454 e. The number of nitriles is 1. The van der Waals surface area contributed by atoms with Gasteiger partial charge in [0.1, 0.15) is 6.04 Å². The number of hydrogen-bond acceptors (Lipinski definition) is 5. The van der Waals surface area contributed by atoms with Crippen molar-refractivity contribution in [2.24, 2.45) is 5.41 Å². The molecule has 3 aliphatic rings. The van der Waals surface area contributed by atoms with E-state index < -0.39 is 17.5 Å². The van der Waals surface area contributed by atoms with E-state index in [0.29, 0.717) is 11.5 Å². The molecule has 0 bridgehead atoms. The van der Waals surface area contributed by atoms with E-state index >= 15 is 0 Å². The van der Waals surface area contributed by atoms with Gasteiger partial charge in [-0.25, -0.2) is 0 Å². The van der Waals surface area contributed by atoms with E-state index in [-0.39, 0.29) is 30.7 Å². The fourth-order valence-corrected chi connectivity index (χ4v) is 3.74. The first kappa shape index (κ1) is 14.6. The number of amides is 2. The monoisotopic (exact) mass is 325 g/mol. The average molecular weight is 325 g/mol. The summed E-state index contributed by atoms with van der Waals surface area (Å²) >= 11 is 0. The molecule has 122 valence electrons. The molecule has 4 rings (SSSR count). The van der Waals surface area contributed by atoms with Crippen molar-refractivity contribution in [2.45, 2.75) is 25.4 Å². The Hall–Kier alpha value is -3.01. The summed E-state index contributed by atoms with van der Waals surface area (Å²) < 4.78 is 10.7. The van der Waals surface area contributed by atoms with Crippen LogP contribution < -0.4 is 14.8 Å². The van der Waals surface area contributed by atoms with E-state index in [2.05, 4.69) is 18.0 Å². The lowest BCUT2D eigenvalue weighted by Crippen LogP contribution is -2.54. The quantitative estimate of drug-likeness (QED) is 0.784. The molecule has 2 fully saturated rings. The van der Waals surface area contributed by atoms with Crippen LogP contribution in [0, 0.1) is 16.7 Å². The summed E-state index contributed by atoms with van der Waals surface area (Å²) in [6, 6.07) is 6.39. The van der Waals surface area contributed by atoms with Crippen molar-refractivity contribution < 1.29 is 19.1 Å². The van der Waals surface area contributed by atoms with Crippen molar-refractivity contribution in [3.63, 3.8) is 0 Å². The van der Waals surface area contributed by atoms with Gasteiger partial charge in [-0.1, -0.05) is 12.6 Å². The molecule has 3 aliphatic heterocycles. The maximum absolute atomic E-state index is 12.6. The highest BCUT2D eigenvalue weighted by molar-refractivity contribution is 6.05. The number of hydrogen-bond donors (Lipinski definition) is 1. The molecule has 3 heterocycles. The number of fused-ring (bicyclic) bond motifs is 2. The summed E-state index contributed by atoms with van der Waals surface area (Å²) in [5.41, 5.74) is -0.124. The second-order valence-corrected chi connectivity index (χ2v) is 6.44.